The van der Waals surface area contributed by atoms with Gasteiger partial charge in [-0.3, -0.25) is 0 Å². The van der Waals surface area contributed by atoms with Gasteiger partial charge < -0.3 is 10.1 Å². The van der Waals surface area contributed by atoms with Gasteiger partial charge in [0.05, 0.1) is 24.2 Å². The van der Waals surface area contributed by atoms with Gasteiger partial charge in [-0.1, -0.05) is 13.8 Å². The molecule has 2 aliphatic heterocycles. The fourth-order valence-corrected chi connectivity index (χ4v) is 5.36. The fraction of sp³-hybridized carbons (Fsp3) is 0.714. The van der Waals surface area contributed by atoms with Crippen LogP contribution in [0.15, 0.2) is 0 Å². The van der Waals surface area contributed by atoms with Crippen molar-refractivity contribution in [1.82, 2.24) is 9.97 Å². The summed E-state index contributed by atoms with van der Waals surface area (Å²) in [5.41, 5.74) is 2.31. The van der Waals surface area contributed by atoms with E-state index in [2.05, 4.69) is 19.2 Å². The summed E-state index contributed by atoms with van der Waals surface area (Å²) in [4.78, 5) is 9.59. The zero-order valence-electron chi connectivity index (χ0n) is 12.2. The molecule has 0 aliphatic carbocycles. The van der Waals surface area contributed by atoms with Crippen molar-refractivity contribution in [1.29, 1.82) is 0 Å². The quantitative estimate of drug-likeness (QED) is 0.906. The van der Waals surface area contributed by atoms with Crippen molar-refractivity contribution < 1.29 is 4.74 Å². The normalized spacial score (nSPS) is 29.9. The first kappa shape index (κ1) is 14.5. The second kappa shape index (κ2) is 6.12. The van der Waals surface area contributed by atoms with Crippen LogP contribution in [0.1, 0.15) is 36.2 Å². The molecule has 1 aromatic heterocycles. The van der Waals surface area contributed by atoms with E-state index in [1.165, 1.54) is 5.69 Å². The predicted octanol–water partition coefficient (Wildman–Crippen LogP) is 2.89. The van der Waals surface area contributed by atoms with E-state index in [1.807, 2.05) is 30.6 Å². The van der Waals surface area contributed by atoms with E-state index in [-0.39, 0.29) is 0 Å². The summed E-state index contributed by atoms with van der Waals surface area (Å²) in [7, 11) is 1.93. The first-order chi connectivity index (χ1) is 9.69. The van der Waals surface area contributed by atoms with E-state index in [0.717, 1.165) is 36.0 Å². The lowest BCUT2D eigenvalue weighted by Gasteiger charge is -2.31. The molecule has 0 saturated carbocycles. The minimum absolute atomic E-state index is 0.409. The predicted molar refractivity (Wildman–Crippen MR) is 86.7 cm³/mol. The first-order valence-electron chi connectivity index (χ1n) is 7.11. The van der Waals surface area contributed by atoms with Crippen molar-refractivity contribution in [3.63, 3.8) is 0 Å². The number of anilines is 1. The van der Waals surface area contributed by atoms with Crippen LogP contribution in [0.3, 0.4) is 0 Å². The number of ether oxygens (including phenoxy) is 1. The number of hydrogen-bond donors (Lipinski definition) is 1. The van der Waals surface area contributed by atoms with Crippen LogP contribution in [0.25, 0.3) is 0 Å². The highest BCUT2D eigenvalue weighted by Gasteiger charge is 2.30. The summed E-state index contributed by atoms with van der Waals surface area (Å²) in [5.74, 6) is 3.04. The summed E-state index contributed by atoms with van der Waals surface area (Å²) < 4.78 is 5.53. The van der Waals surface area contributed by atoms with E-state index >= 15 is 0 Å². The fourth-order valence-electron chi connectivity index (χ4n) is 2.52. The third-order valence-electron chi connectivity index (χ3n) is 3.91. The third kappa shape index (κ3) is 2.78. The molecule has 0 spiro atoms. The van der Waals surface area contributed by atoms with Crippen LogP contribution in [-0.4, -0.2) is 39.9 Å². The third-order valence-corrected chi connectivity index (χ3v) is 7.30. The average molecular weight is 311 g/mol. The van der Waals surface area contributed by atoms with Crippen LogP contribution < -0.4 is 5.32 Å². The van der Waals surface area contributed by atoms with Crippen molar-refractivity contribution in [2.45, 2.75) is 42.6 Å². The second-order valence-electron chi connectivity index (χ2n) is 5.28. The van der Waals surface area contributed by atoms with Crippen LogP contribution in [0.2, 0.25) is 0 Å². The van der Waals surface area contributed by atoms with Crippen LogP contribution in [0, 0.1) is 0 Å². The summed E-state index contributed by atoms with van der Waals surface area (Å²) in [5, 5.41) is 4.98. The Balaban J connectivity index is 1.90. The summed E-state index contributed by atoms with van der Waals surface area (Å²) in [6, 6.07) is 0. The number of hydrogen-bond acceptors (Lipinski definition) is 6. The molecule has 3 heterocycles. The summed E-state index contributed by atoms with van der Waals surface area (Å²) >= 11 is 4.05. The maximum Gasteiger partial charge on any atom is 0.144 e. The minimum atomic E-state index is 0.409. The van der Waals surface area contributed by atoms with Gasteiger partial charge in [0.1, 0.15) is 11.6 Å². The van der Waals surface area contributed by atoms with E-state index in [1.54, 1.807) is 0 Å². The molecule has 1 saturated heterocycles. The molecule has 0 aromatic carbocycles. The van der Waals surface area contributed by atoms with Gasteiger partial charge in [0.15, 0.2) is 0 Å². The minimum Gasteiger partial charge on any atom is -0.376 e. The lowest BCUT2D eigenvalue weighted by atomic mass is 10.1. The zero-order valence-corrected chi connectivity index (χ0v) is 13.8. The molecular weight excluding hydrogens is 290 g/mol. The van der Waals surface area contributed by atoms with E-state index in [0.29, 0.717) is 22.4 Å². The van der Waals surface area contributed by atoms with Crippen LogP contribution in [0.5, 0.6) is 0 Å². The molecule has 3 rings (SSSR count). The molecule has 4 nitrogen and oxygen atoms in total. The van der Waals surface area contributed by atoms with Crippen molar-refractivity contribution in [2.75, 3.05) is 24.7 Å². The topological polar surface area (TPSA) is 47.0 Å². The van der Waals surface area contributed by atoms with Gasteiger partial charge in [-0.15, -0.1) is 11.8 Å². The number of aromatic nitrogens is 2. The highest BCUT2D eigenvalue weighted by Crippen LogP contribution is 2.43. The highest BCUT2D eigenvalue weighted by atomic mass is 32.2. The maximum atomic E-state index is 5.53. The molecular formula is C14H21N3OS2. The molecule has 6 heteroatoms. The van der Waals surface area contributed by atoms with Gasteiger partial charge in [0.25, 0.3) is 0 Å². The Morgan fingerprint density at radius 1 is 1.25 bits per heavy atom. The van der Waals surface area contributed by atoms with E-state index in [4.69, 9.17) is 14.7 Å². The standard InChI is InChI=1S/C14H21N3OS2/c1-8-9(2)20-12(7-19-8)14-16-11-4-5-18-6-10(11)13(15-3)17-14/h8-9,12H,4-7H2,1-3H3,(H,15,16,17). The second-order valence-corrected chi connectivity index (χ2v) is 8.27. The molecule has 3 unspecified atom stereocenters. The SMILES string of the molecule is CNc1nc(C2CSC(C)C(C)S2)nc2c1COCC2. The van der Waals surface area contributed by atoms with Crippen LogP contribution in [-0.2, 0) is 17.8 Å². The monoisotopic (exact) mass is 311 g/mol. The Kier molecular flexibility index (Phi) is 4.43. The molecule has 1 aromatic rings. The molecule has 3 atom stereocenters. The van der Waals surface area contributed by atoms with Gasteiger partial charge in [0, 0.05) is 35.3 Å². The lowest BCUT2D eigenvalue weighted by Crippen LogP contribution is -2.24. The molecule has 20 heavy (non-hydrogen) atoms. The molecule has 110 valence electrons. The average Bonchev–Trinajstić information content (AvgIpc) is 2.49. The van der Waals surface area contributed by atoms with E-state index < -0.39 is 0 Å². The molecule has 0 amide bonds. The first-order valence-corrected chi connectivity index (χ1v) is 9.10. The van der Waals surface area contributed by atoms with E-state index in [9.17, 15) is 0 Å². The summed E-state index contributed by atoms with van der Waals surface area (Å²) in [6.07, 6.45) is 0.899. The van der Waals surface area contributed by atoms with Gasteiger partial charge in [-0.2, -0.15) is 11.8 Å². The Labute approximate surface area is 128 Å². The molecule has 1 fully saturated rings. The molecule has 0 bridgehead atoms. The van der Waals surface area contributed by atoms with Gasteiger partial charge in [-0.25, -0.2) is 9.97 Å². The van der Waals surface area contributed by atoms with Crippen molar-refractivity contribution in [2.24, 2.45) is 0 Å². The number of thioether (sulfide) groups is 2. The summed E-state index contributed by atoms with van der Waals surface area (Å²) in [6.45, 7) is 6.01. The number of fused-ring (bicyclic) bond motifs is 1. The Hall–Kier alpha value is -0.460. The molecule has 1 N–H and O–H groups in total. The van der Waals surface area contributed by atoms with Crippen molar-refractivity contribution in [3.8, 4) is 0 Å². The van der Waals surface area contributed by atoms with Crippen molar-refractivity contribution in [3.05, 3.63) is 17.1 Å². The Morgan fingerprint density at radius 3 is 2.85 bits per heavy atom. The molecule has 2 aliphatic rings. The maximum absolute atomic E-state index is 5.53. The van der Waals surface area contributed by atoms with Gasteiger partial charge in [-0.05, 0) is 0 Å². The largest absolute Gasteiger partial charge is 0.376 e. The Morgan fingerprint density at radius 2 is 2.10 bits per heavy atom. The smallest absolute Gasteiger partial charge is 0.144 e. The highest BCUT2D eigenvalue weighted by molar-refractivity contribution is 8.07. The Bertz CT molecular complexity index is 480. The zero-order chi connectivity index (χ0) is 14.1. The van der Waals surface area contributed by atoms with Crippen LogP contribution >= 0.6 is 23.5 Å². The van der Waals surface area contributed by atoms with Crippen molar-refractivity contribution >= 4 is 29.3 Å². The van der Waals surface area contributed by atoms with Gasteiger partial charge in [0.2, 0.25) is 0 Å². The number of nitrogens with zero attached hydrogens (tertiary/aromatic N) is 2. The van der Waals surface area contributed by atoms with Crippen LogP contribution in [0.4, 0.5) is 5.82 Å². The number of nitrogens with one attached hydrogen (secondary N) is 1. The molecule has 0 radical (unpaired) electrons. The lowest BCUT2D eigenvalue weighted by molar-refractivity contribution is 0.109. The van der Waals surface area contributed by atoms with Gasteiger partial charge >= 0.3 is 0 Å². The number of rotatable bonds is 2.